The van der Waals surface area contributed by atoms with E-state index in [2.05, 4.69) is 15.7 Å². The van der Waals surface area contributed by atoms with Crippen LogP contribution in [0.4, 0.5) is 36.4 Å². The SMILES string of the molecule is Cc1nn(CC(F)F)c2cc(NC(=O)c3cc(F)cc(C(F)(F)F)c3)c3c(c12)C(=O)NC3c1cc(F)ccc1Cl. The van der Waals surface area contributed by atoms with Crippen molar-refractivity contribution in [3.63, 3.8) is 0 Å². The maximum Gasteiger partial charge on any atom is 0.416 e. The van der Waals surface area contributed by atoms with Crippen molar-refractivity contribution in [3.8, 4) is 0 Å². The average molecular weight is 585 g/mol. The summed E-state index contributed by atoms with van der Waals surface area (Å²) in [5.41, 5.74) is -2.03. The number of nitrogens with one attached hydrogen (secondary N) is 2. The number of aromatic nitrogens is 2. The number of aryl methyl sites for hydroxylation is 1. The van der Waals surface area contributed by atoms with Gasteiger partial charge in [0.25, 0.3) is 18.2 Å². The molecule has 0 saturated carbocycles. The predicted octanol–water partition coefficient (Wildman–Crippen LogP) is 6.65. The van der Waals surface area contributed by atoms with Gasteiger partial charge in [-0.15, -0.1) is 0 Å². The second-order valence-electron chi connectivity index (χ2n) is 9.02. The Morgan fingerprint density at radius 3 is 2.52 bits per heavy atom. The molecule has 3 aromatic carbocycles. The molecule has 0 fully saturated rings. The Labute approximate surface area is 225 Å². The van der Waals surface area contributed by atoms with E-state index < -0.39 is 59.8 Å². The normalized spacial score (nSPS) is 15.1. The third kappa shape index (κ3) is 4.85. The number of carbonyl (C=O) groups is 2. The van der Waals surface area contributed by atoms with E-state index in [9.17, 15) is 40.3 Å². The maximum atomic E-state index is 14.2. The van der Waals surface area contributed by atoms with E-state index in [0.29, 0.717) is 12.1 Å². The van der Waals surface area contributed by atoms with Gasteiger partial charge in [0.15, 0.2) is 0 Å². The van der Waals surface area contributed by atoms with Crippen molar-refractivity contribution in [2.24, 2.45) is 0 Å². The van der Waals surface area contributed by atoms with E-state index in [1.807, 2.05) is 0 Å². The molecule has 2 N–H and O–H groups in total. The van der Waals surface area contributed by atoms with Gasteiger partial charge in [-0.05, 0) is 49.4 Å². The van der Waals surface area contributed by atoms with E-state index in [1.54, 1.807) is 0 Å². The summed E-state index contributed by atoms with van der Waals surface area (Å²) in [6.45, 7) is 0.611. The zero-order valence-corrected chi connectivity index (χ0v) is 20.9. The number of amides is 2. The molecule has 4 aromatic rings. The Balaban J connectivity index is 1.73. The first-order valence-electron chi connectivity index (χ1n) is 11.5. The van der Waals surface area contributed by atoms with Crippen molar-refractivity contribution in [3.05, 3.63) is 92.6 Å². The largest absolute Gasteiger partial charge is 0.416 e. The standard InChI is InChI=1S/C26H16ClF7N4O2/c1-10-20-18(38(37-10)9-19(30)31)8-17(35-24(39)11-4-12(26(32,33)34)6-14(29)5-11)21-22(20)25(40)36-23(21)15-7-13(28)2-3-16(15)27/h2-8,19,23H,9H2,1H3,(H,35,39)(H,36,40). The monoisotopic (exact) mass is 584 g/mol. The number of fused-ring (bicyclic) bond motifs is 3. The summed E-state index contributed by atoms with van der Waals surface area (Å²) in [4.78, 5) is 26.3. The van der Waals surface area contributed by atoms with E-state index in [4.69, 9.17) is 11.6 Å². The average Bonchev–Trinajstić information content (AvgIpc) is 3.35. The molecule has 1 atom stereocenters. The second kappa shape index (κ2) is 9.81. The number of anilines is 1. The highest BCUT2D eigenvalue weighted by Crippen LogP contribution is 2.44. The number of nitrogens with zero attached hydrogens (tertiary/aromatic N) is 2. The molecule has 2 heterocycles. The van der Waals surface area contributed by atoms with Gasteiger partial charge in [-0.2, -0.15) is 18.3 Å². The van der Waals surface area contributed by atoms with Crippen LogP contribution in [0.25, 0.3) is 10.9 Å². The van der Waals surface area contributed by atoms with Gasteiger partial charge in [0, 0.05) is 32.8 Å². The zero-order valence-electron chi connectivity index (χ0n) is 20.1. The summed E-state index contributed by atoms with van der Waals surface area (Å²) >= 11 is 6.28. The lowest BCUT2D eigenvalue weighted by Gasteiger charge is -2.19. The van der Waals surface area contributed by atoms with Crippen LogP contribution in [0.1, 0.15) is 49.1 Å². The van der Waals surface area contributed by atoms with Gasteiger partial charge < -0.3 is 10.6 Å². The molecule has 1 unspecified atom stereocenters. The number of alkyl halides is 5. The summed E-state index contributed by atoms with van der Waals surface area (Å²) in [6, 6.07) is 4.68. The molecule has 208 valence electrons. The molecule has 5 rings (SSSR count). The predicted molar refractivity (Wildman–Crippen MR) is 131 cm³/mol. The first-order valence-corrected chi connectivity index (χ1v) is 11.9. The van der Waals surface area contributed by atoms with Crippen molar-refractivity contribution in [2.75, 3.05) is 5.32 Å². The summed E-state index contributed by atoms with van der Waals surface area (Å²) < 4.78 is 95.4. The van der Waals surface area contributed by atoms with Crippen molar-refractivity contribution < 1.29 is 40.3 Å². The molecule has 0 spiro atoms. The molecule has 40 heavy (non-hydrogen) atoms. The molecule has 0 bridgehead atoms. The molecule has 14 heteroatoms. The number of hydrogen-bond acceptors (Lipinski definition) is 3. The second-order valence-corrected chi connectivity index (χ2v) is 9.43. The van der Waals surface area contributed by atoms with Gasteiger partial charge >= 0.3 is 6.18 Å². The first-order chi connectivity index (χ1) is 18.7. The summed E-state index contributed by atoms with van der Waals surface area (Å²) in [7, 11) is 0. The fourth-order valence-corrected chi connectivity index (χ4v) is 5.00. The van der Waals surface area contributed by atoms with Crippen LogP contribution in [-0.2, 0) is 12.7 Å². The van der Waals surface area contributed by atoms with Gasteiger partial charge in [-0.25, -0.2) is 17.6 Å². The van der Waals surface area contributed by atoms with Crippen LogP contribution in [0.5, 0.6) is 0 Å². The quantitative estimate of drug-likeness (QED) is 0.258. The van der Waals surface area contributed by atoms with Crippen LogP contribution in [0.3, 0.4) is 0 Å². The molecule has 6 nitrogen and oxygen atoms in total. The molecule has 0 saturated heterocycles. The Bertz CT molecular complexity index is 1700. The van der Waals surface area contributed by atoms with Gasteiger partial charge in [0.1, 0.15) is 18.2 Å². The highest BCUT2D eigenvalue weighted by molar-refractivity contribution is 6.31. The minimum absolute atomic E-state index is 0.0169. The fourth-order valence-electron chi connectivity index (χ4n) is 4.77. The summed E-state index contributed by atoms with van der Waals surface area (Å²) in [6.07, 6.45) is -7.79. The Kier molecular flexibility index (Phi) is 6.73. The highest BCUT2D eigenvalue weighted by Gasteiger charge is 2.38. The van der Waals surface area contributed by atoms with Gasteiger partial charge in [-0.1, -0.05) is 11.6 Å². The van der Waals surface area contributed by atoms with Crippen molar-refractivity contribution in [1.82, 2.24) is 15.1 Å². The lowest BCUT2D eigenvalue weighted by atomic mass is 9.93. The zero-order chi connectivity index (χ0) is 29.1. The molecule has 1 aliphatic heterocycles. The topological polar surface area (TPSA) is 76.0 Å². The molecule has 1 aromatic heterocycles. The number of halogens is 8. The Morgan fingerprint density at radius 1 is 1.12 bits per heavy atom. The van der Waals surface area contributed by atoms with Gasteiger partial charge in [-0.3, -0.25) is 14.3 Å². The summed E-state index contributed by atoms with van der Waals surface area (Å²) in [5.74, 6) is -3.93. The molecule has 1 aliphatic rings. The minimum Gasteiger partial charge on any atom is -0.341 e. The minimum atomic E-state index is -4.95. The molecular weight excluding hydrogens is 569 g/mol. The molecule has 2 amide bonds. The lowest BCUT2D eigenvalue weighted by Crippen LogP contribution is -2.21. The van der Waals surface area contributed by atoms with Crippen molar-refractivity contribution in [1.29, 1.82) is 0 Å². The number of hydrogen-bond donors (Lipinski definition) is 2. The number of rotatable bonds is 5. The third-order valence-corrected chi connectivity index (χ3v) is 6.71. The van der Waals surface area contributed by atoms with E-state index in [-0.39, 0.29) is 50.1 Å². The number of carbonyl (C=O) groups excluding carboxylic acids is 2. The maximum absolute atomic E-state index is 14.2. The fraction of sp³-hybridized carbons (Fsp3) is 0.192. The molecule has 0 aliphatic carbocycles. The van der Waals surface area contributed by atoms with Crippen LogP contribution in [0.15, 0.2) is 42.5 Å². The Morgan fingerprint density at radius 2 is 1.85 bits per heavy atom. The van der Waals surface area contributed by atoms with E-state index >= 15 is 0 Å². The van der Waals surface area contributed by atoms with Crippen LogP contribution in [0.2, 0.25) is 5.02 Å². The van der Waals surface area contributed by atoms with Crippen LogP contribution in [0, 0.1) is 18.6 Å². The van der Waals surface area contributed by atoms with Crippen LogP contribution >= 0.6 is 11.6 Å². The van der Waals surface area contributed by atoms with Crippen molar-refractivity contribution in [2.45, 2.75) is 32.1 Å². The number of benzene rings is 3. The first kappa shape index (κ1) is 27.4. The Hall–Kier alpha value is -4.13. The van der Waals surface area contributed by atoms with Crippen LogP contribution < -0.4 is 10.6 Å². The smallest absolute Gasteiger partial charge is 0.341 e. The van der Waals surface area contributed by atoms with Crippen LogP contribution in [-0.4, -0.2) is 28.0 Å². The third-order valence-electron chi connectivity index (χ3n) is 6.36. The molecule has 0 radical (unpaired) electrons. The van der Waals surface area contributed by atoms with Gasteiger partial charge in [0.2, 0.25) is 0 Å². The lowest BCUT2D eigenvalue weighted by molar-refractivity contribution is -0.137. The highest BCUT2D eigenvalue weighted by atomic mass is 35.5. The van der Waals surface area contributed by atoms with E-state index in [1.165, 1.54) is 19.1 Å². The molecular formula is C26H16ClF7N4O2. The van der Waals surface area contributed by atoms with E-state index in [0.717, 1.165) is 16.8 Å². The van der Waals surface area contributed by atoms with Gasteiger partial charge in [0.05, 0.1) is 28.4 Å². The van der Waals surface area contributed by atoms with Crippen molar-refractivity contribution >= 4 is 40.0 Å². The summed E-state index contributed by atoms with van der Waals surface area (Å²) in [5, 5.41) is 9.30.